The second-order valence-corrected chi connectivity index (χ2v) is 4.10. The minimum Gasteiger partial charge on any atom is -0.508 e. The Kier molecular flexibility index (Phi) is 4.40. The molecule has 0 saturated heterocycles. The summed E-state index contributed by atoms with van der Waals surface area (Å²) in [5.74, 6) is 0.210. The predicted octanol–water partition coefficient (Wildman–Crippen LogP) is 3.05. The highest BCUT2D eigenvalue weighted by Crippen LogP contribution is 2.21. The van der Waals surface area contributed by atoms with Crippen LogP contribution in [0.15, 0.2) is 42.5 Å². The van der Waals surface area contributed by atoms with Crippen LogP contribution in [0.1, 0.15) is 5.56 Å². The summed E-state index contributed by atoms with van der Waals surface area (Å²) in [5, 5.41) is 21.1. The van der Waals surface area contributed by atoms with Crippen LogP contribution in [0.25, 0.3) is 0 Å². The van der Waals surface area contributed by atoms with Crippen LogP contribution in [0.5, 0.6) is 11.5 Å². The van der Waals surface area contributed by atoms with E-state index in [9.17, 15) is 9.50 Å². The van der Waals surface area contributed by atoms with Crippen LogP contribution >= 0.6 is 0 Å². The third-order valence-electron chi connectivity index (χ3n) is 2.66. The average molecular weight is 272 g/mol. The Balaban J connectivity index is 2.03. The second-order valence-electron chi connectivity index (χ2n) is 4.10. The number of rotatable bonds is 5. The third-order valence-corrected chi connectivity index (χ3v) is 2.66. The van der Waals surface area contributed by atoms with Gasteiger partial charge in [0.15, 0.2) is 6.61 Å². The minimum atomic E-state index is -0.397. The fourth-order valence-electron chi connectivity index (χ4n) is 1.70. The first kappa shape index (κ1) is 13.7. The van der Waals surface area contributed by atoms with E-state index in [1.165, 1.54) is 18.2 Å². The van der Waals surface area contributed by atoms with E-state index < -0.39 is 5.82 Å². The number of phenolic OH excluding ortho intramolecular Hbond substituents is 1. The quantitative estimate of drug-likeness (QED) is 0.878. The standard InChI is InChI=1S/C15H13FN2O2/c16-12-4-5-15(19)11(8-12)10-18-13-2-1-3-14(9-13)20-7-6-17/h1-5,8-9,18-19H,7,10H2. The van der Waals surface area contributed by atoms with Gasteiger partial charge in [0.1, 0.15) is 23.4 Å². The summed E-state index contributed by atoms with van der Waals surface area (Å²) in [5.41, 5.74) is 1.22. The van der Waals surface area contributed by atoms with Crippen molar-refractivity contribution in [1.82, 2.24) is 0 Å². The molecule has 2 aromatic rings. The van der Waals surface area contributed by atoms with Crippen molar-refractivity contribution in [2.24, 2.45) is 0 Å². The number of benzene rings is 2. The maximum Gasteiger partial charge on any atom is 0.174 e. The molecule has 0 amide bonds. The van der Waals surface area contributed by atoms with Crippen molar-refractivity contribution >= 4 is 5.69 Å². The highest BCUT2D eigenvalue weighted by molar-refractivity contribution is 5.49. The Morgan fingerprint density at radius 2 is 2.10 bits per heavy atom. The number of hydrogen-bond acceptors (Lipinski definition) is 4. The molecule has 5 heteroatoms. The lowest BCUT2D eigenvalue weighted by Crippen LogP contribution is -2.01. The summed E-state index contributed by atoms with van der Waals surface area (Å²) >= 11 is 0. The van der Waals surface area contributed by atoms with Gasteiger partial charge in [0.05, 0.1) is 0 Å². The van der Waals surface area contributed by atoms with Gasteiger partial charge in [-0.05, 0) is 30.3 Å². The summed E-state index contributed by atoms with van der Waals surface area (Å²) < 4.78 is 18.3. The molecule has 0 heterocycles. The number of nitriles is 1. The minimum absolute atomic E-state index is 0.0197. The molecule has 2 rings (SSSR count). The van der Waals surface area contributed by atoms with E-state index >= 15 is 0 Å². The summed E-state index contributed by atoms with van der Waals surface area (Å²) in [4.78, 5) is 0. The number of nitrogens with zero attached hydrogens (tertiary/aromatic N) is 1. The second kappa shape index (κ2) is 6.43. The van der Waals surface area contributed by atoms with Crippen molar-refractivity contribution in [3.05, 3.63) is 53.8 Å². The topological polar surface area (TPSA) is 65.3 Å². The summed E-state index contributed by atoms with van der Waals surface area (Å²) in [7, 11) is 0. The monoisotopic (exact) mass is 272 g/mol. The van der Waals surface area contributed by atoms with Gasteiger partial charge in [0.2, 0.25) is 0 Å². The van der Waals surface area contributed by atoms with E-state index in [4.69, 9.17) is 10.00 Å². The molecule has 0 aliphatic heterocycles. The van der Waals surface area contributed by atoms with Crippen molar-refractivity contribution < 1.29 is 14.2 Å². The van der Waals surface area contributed by atoms with E-state index in [2.05, 4.69) is 5.32 Å². The van der Waals surface area contributed by atoms with E-state index in [0.717, 1.165) is 5.69 Å². The number of phenols is 1. The maximum atomic E-state index is 13.1. The van der Waals surface area contributed by atoms with Gasteiger partial charge >= 0.3 is 0 Å². The Morgan fingerprint density at radius 3 is 2.90 bits per heavy atom. The molecule has 0 aromatic heterocycles. The SMILES string of the molecule is N#CCOc1cccc(NCc2cc(F)ccc2O)c1. The van der Waals surface area contributed by atoms with Crippen LogP contribution in [0.2, 0.25) is 0 Å². The van der Waals surface area contributed by atoms with Gasteiger partial charge in [-0.1, -0.05) is 6.07 Å². The first-order valence-corrected chi connectivity index (χ1v) is 6.00. The van der Waals surface area contributed by atoms with Crippen molar-refractivity contribution in [1.29, 1.82) is 5.26 Å². The zero-order valence-corrected chi connectivity index (χ0v) is 10.6. The number of aromatic hydroxyl groups is 1. The smallest absolute Gasteiger partial charge is 0.174 e. The van der Waals surface area contributed by atoms with Crippen LogP contribution in [0.3, 0.4) is 0 Å². The zero-order chi connectivity index (χ0) is 14.4. The molecular weight excluding hydrogens is 259 g/mol. The normalized spacial score (nSPS) is 9.80. The van der Waals surface area contributed by atoms with Crippen molar-refractivity contribution in [3.8, 4) is 17.6 Å². The highest BCUT2D eigenvalue weighted by Gasteiger charge is 2.03. The van der Waals surface area contributed by atoms with Gasteiger partial charge < -0.3 is 15.2 Å². The first-order valence-electron chi connectivity index (χ1n) is 6.00. The first-order chi connectivity index (χ1) is 9.69. The number of hydrogen-bond donors (Lipinski definition) is 2. The van der Waals surface area contributed by atoms with Crippen LogP contribution in [0, 0.1) is 17.1 Å². The Bertz CT molecular complexity index is 638. The Hall–Kier alpha value is -2.74. The summed E-state index contributed by atoms with van der Waals surface area (Å²) in [6, 6.07) is 12.7. The number of halogens is 1. The lowest BCUT2D eigenvalue weighted by atomic mass is 10.2. The molecule has 2 N–H and O–H groups in total. The van der Waals surface area contributed by atoms with Gasteiger partial charge in [0.25, 0.3) is 0 Å². The third kappa shape index (κ3) is 3.62. The molecule has 20 heavy (non-hydrogen) atoms. The molecule has 0 unspecified atom stereocenters. The lowest BCUT2D eigenvalue weighted by Gasteiger charge is -2.09. The number of nitrogens with one attached hydrogen (secondary N) is 1. The number of ether oxygens (including phenoxy) is 1. The van der Waals surface area contributed by atoms with Gasteiger partial charge in [0, 0.05) is 23.9 Å². The van der Waals surface area contributed by atoms with Gasteiger partial charge in [-0.2, -0.15) is 5.26 Å². The lowest BCUT2D eigenvalue weighted by molar-refractivity contribution is 0.368. The average Bonchev–Trinajstić information content (AvgIpc) is 2.46. The van der Waals surface area contributed by atoms with Gasteiger partial charge in [-0.3, -0.25) is 0 Å². The Labute approximate surface area is 116 Å². The van der Waals surface area contributed by atoms with Crippen LogP contribution < -0.4 is 10.1 Å². The molecule has 0 saturated carbocycles. The van der Waals surface area contributed by atoms with E-state index in [-0.39, 0.29) is 18.9 Å². The molecule has 0 aliphatic carbocycles. The maximum absolute atomic E-state index is 13.1. The largest absolute Gasteiger partial charge is 0.508 e. The van der Waals surface area contributed by atoms with E-state index in [1.54, 1.807) is 18.2 Å². The fourth-order valence-corrected chi connectivity index (χ4v) is 1.70. The zero-order valence-electron chi connectivity index (χ0n) is 10.6. The summed E-state index contributed by atoms with van der Waals surface area (Å²) in [6.45, 7) is 0.263. The molecule has 0 fully saturated rings. The molecule has 2 aromatic carbocycles. The van der Waals surface area contributed by atoms with E-state index in [0.29, 0.717) is 11.3 Å². The predicted molar refractivity (Wildman–Crippen MR) is 72.9 cm³/mol. The van der Waals surface area contributed by atoms with Gasteiger partial charge in [-0.25, -0.2) is 4.39 Å². The van der Waals surface area contributed by atoms with Crippen molar-refractivity contribution in [2.45, 2.75) is 6.54 Å². The molecule has 102 valence electrons. The van der Waals surface area contributed by atoms with Gasteiger partial charge in [-0.15, -0.1) is 0 Å². The highest BCUT2D eigenvalue weighted by atomic mass is 19.1. The van der Waals surface area contributed by atoms with Crippen LogP contribution in [-0.4, -0.2) is 11.7 Å². The molecular formula is C15H13FN2O2. The molecule has 4 nitrogen and oxygen atoms in total. The Morgan fingerprint density at radius 1 is 1.25 bits per heavy atom. The molecule has 0 spiro atoms. The summed E-state index contributed by atoms with van der Waals surface area (Å²) in [6.07, 6.45) is 0. The fraction of sp³-hybridized carbons (Fsp3) is 0.133. The molecule has 0 bridgehead atoms. The number of anilines is 1. The molecule has 0 radical (unpaired) electrons. The molecule has 0 atom stereocenters. The van der Waals surface area contributed by atoms with Crippen molar-refractivity contribution in [3.63, 3.8) is 0 Å². The van der Waals surface area contributed by atoms with E-state index in [1.807, 2.05) is 12.1 Å². The van der Waals surface area contributed by atoms with Crippen molar-refractivity contribution in [2.75, 3.05) is 11.9 Å². The van der Waals surface area contributed by atoms with Crippen LogP contribution in [0.4, 0.5) is 10.1 Å². The molecule has 0 aliphatic rings. The van der Waals surface area contributed by atoms with Crippen LogP contribution in [-0.2, 0) is 6.54 Å².